The van der Waals surface area contributed by atoms with Gasteiger partial charge < -0.3 is 9.73 Å². The minimum absolute atomic E-state index is 0.0880. The van der Waals surface area contributed by atoms with E-state index in [1.165, 1.54) is 0 Å². The molecule has 0 aliphatic heterocycles. The number of hydrogen-bond acceptors (Lipinski definition) is 4. The highest BCUT2D eigenvalue weighted by Gasteiger charge is 2.23. The lowest BCUT2D eigenvalue weighted by molar-refractivity contribution is 0.102. The summed E-state index contributed by atoms with van der Waals surface area (Å²) in [6.07, 6.45) is 3.66. The molecule has 28 heavy (non-hydrogen) atoms. The quantitative estimate of drug-likeness (QED) is 0.744. The van der Waals surface area contributed by atoms with Crippen molar-refractivity contribution in [3.05, 3.63) is 61.7 Å². The van der Waals surface area contributed by atoms with Crippen LogP contribution in [0, 0.1) is 25.2 Å². The minimum atomic E-state index is -0.447. The van der Waals surface area contributed by atoms with E-state index in [1.54, 1.807) is 26.0 Å². The predicted molar refractivity (Wildman–Crippen MR) is 111 cm³/mol. The number of nitriles is 1. The van der Waals surface area contributed by atoms with E-state index in [-0.39, 0.29) is 11.0 Å². The van der Waals surface area contributed by atoms with Gasteiger partial charge >= 0.3 is 0 Å². The molecule has 0 aliphatic rings. The van der Waals surface area contributed by atoms with Crippen molar-refractivity contribution in [1.82, 2.24) is 0 Å². The fraction of sp³-hybridized carbons (Fsp3) is 0.435. The number of carbonyl (C=O) groups excluding carboxylic acids is 1. The van der Waals surface area contributed by atoms with Crippen LogP contribution >= 0.6 is 0 Å². The van der Waals surface area contributed by atoms with Gasteiger partial charge in [0.15, 0.2) is 0 Å². The normalized spacial score (nSPS) is 10.6. The molecule has 0 radical (unpaired) electrons. The number of unbranched alkanes of at least 4 members (excludes halogenated alkanes) is 1. The van der Waals surface area contributed by atoms with Crippen LogP contribution in [0.3, 0.4) is 0 Å². The van der Waals surface area contributed by atoms with E-state index in [4.69, 9.17) is 4.42 Å². The number of nitrogens with one attached hydrogen (secondary N) is 1. The summed E-state index contributed by atoms with van der Waals surface area (Å²) in [5, 5.41) is 12.2. The summed E-state index contributed by atoms with van der Waals surface area (Å²) < 4.78 is 5.83. The Morgan fingerprint density at radius 2 is 1.75 bits per heavy atom. The van der Waals surface area contributed by atoms with Crippen LogP contribution in [0.2, 0.25) is 0 Å². The second kappa shape index (κ2) is 9.36. The summed E-state index contributed by atoms with van der Waals surface area (Å²) in [7, 11) is 0. The third kappa shape index (κ3) is 4.33. The van der Waals surface area contributed by atoms with Crippen LogP contribution in [0.15, 0.2) is 21.3 Å². The van der Waals surface area contributed by atoms with Crippen LogP contribution in [-0.2, 0) is 19.3 Å². The van der Waals surface area contributed by atoms with Gasteiger partial charge in [-0.3, -0.25) is 9.59 Å². The van der Waals surface area contributed by atoms with E-state index in [9.17, 15) is 14.9 Å². The second-order valence-electron chi connectivity index (χ2n) is 6.96. The van der Waals surface area contributed by atoms with Gasteiger partial charge in [0.2, 0.25) is 5.43 Å². The molecular formula is C23H28N2O3. The molecule has 2 aromatic rings. The molecule has 5 nitrogen and oxygen atoms in total. The van der Waals surface area contributed by atoms with Crippen LogP contribution in [-0.4, -0.2) is 5.91 Å². The summed E-state index contributed by atoms with van der Waals surface area (Å²) in [4.78, 5) is 26.0. The molecule has 1 aromatic heterocycles. The molecule has 1 N–H and O–H groups in total. The van der Waals surface area contributed by atoms with Crippen LogP contribution in [0.25, 0.3) is 0 Å². The third-order valence-electron chi connectivity index (χ3n) is 5.07. The molecule has 148 valence electrons. The van der Waals surface area contributed by atoms with Gasteiger partial charge in [0.1, 0.15) is 17.1 Å². The first-order chi connectivity index (χ1) is 13.4. The molecule has 1 aromatic carbocycles. The molecule has 5 heteroatoms. The lowest BCUT2D eigenvalue weighted by atomic mass is 9.98. The van der Waals surface area contributed by atoms with E-state index in [0.29, 0.717) is 47.6 Å². The fourth-order valence-electron chi connectivity index (χ4n) is 3.26. The van der Waals surface area contributed by atoms with Gasteiger partial charge in [0.05, 0.1) is 11.6 Å². The Morgan fingerprint density at radius 3 is 2.25 bits per heavy atom. The summed E-state index contributed by atoms with van der Waals surface area (Å²) in [6.45, 7) is 9.43. The smallest absolute Gasteiger partial charge is 0.263 e. The summed E-state index contributed by atoms with van der Waals surface area (Å²) in [6, 6.07) is 5.74. The van der Waals surface area contributed by atoms with Gasteiger partial charge in [-0.15, -0.1) is 0 Å². The first kappa shape index (κ1) is 21.4. The first-order valence-corrected chi connectivity index (χ1v) is 9.88. The second-order valence-corrected chi connectivity index (χ2v) is 6.96. The van der Waals surface area contributed by atoms with E-state index in [1.807, 2.05) is 13.8 Å². The molecule has 0 fully saturated rings. The Bertz CT molecular complexity index is 956. The Labute approximate surface area is 166 Å². The zero-order valence-corrected chi connectivity index (χ0v) is 17.4. The molecule has 0 saturated heterocycles. The number of hydrogen-bond donors (Lipinski definition) is 1. The topological polar surface area (TPSA) is 83.1 Å². The highest BCUT2D eigenvalue weighted by atomic mass is 16.3. The Hall–Kier alpha value is -2.87. The van der Waals surface area contributed by atoms with E-state index >= 15 is 0 Å². The Balaban J connectivity index is 2.56. The maximum absolute atomic E-state index is 13.1. The fourth-order valence-corrected chi connectivity index (χ4v) is 3.26. The van der Waals surface area contributed by atoms with Gasteiger partial charge in [0.25, 0.3) is 5.91 Å². The Morgan fingerprint density at radius 1 is 1.14 bits per heavy atom. The number of nitrogens with zero attached hydrogens (tertiary/aromatic N) is 1. The molecule has 0 saturated carbocycles. The van der Waals surface area contributed by atoms with Gasteiger partial charge in [0, 0.05) is 17.7 Å². The van der Waals surface area contributed by atoms with Crippen molar-refractivity contribution in [2.45, 2.75) is 66.7 Å². The monoisotopic (exact) mass is 380 g/mol. The molecule has 2 rings (SSSR count). The molecule has 0 unspecified atom stereocenters. The number of amides is 1. The molecule has 0 spiro atoms. The van der Waals surface area contributed by atoms with Crippen molar-refractivity contribution in [3.63, 3.8) is 0 Å². The van der Waals surface area contributed by atoms with Crippen molar-refractivity contribution in [2.75, 3.05) is 5.32 Å². The predicted octanol–water partition coefficient (Wildman–Crippen LogP) is 4.85. The van der Waals surface area contributed by atoms with Gasteiger partial charge in [-0.25, -0.2) is 0 Å². The van der Waals surface area contributed by atoms with Gasteiger partial charge in [-0.1, -0.05) is 27.2 Å². The average molecular weight is 380 g/mol. The maximum atomic E-state index is 13.1. The van der Waals surface area contributed by atoms with Crippen molar-refractivity contribution in [3.8, 4) is 6.07 Å². The molecule has 1 heterocycles. The van der Waals surface area contributed by atoms with Crippen molar-refractivity contribution < 1.29 is 9.21 Å². The highest BCUT2D eigenvalue weighted by molar-refractivity contribution is 6.05. The minimum Gasteiger partial charge on any atom is -0.465 e. The third-order valence-corrected chi connectivity index (χ3v) is 5.07. The molecule has 0 bridgehead atoms. The van der Waals surface area contributed by atoms with Crippen LogP contribution < -0.4 is 10.7 Å². The Kier molecular flexibility index (Phi) is 7.17. The van der Waals surface area contributed by atoms with Crippen LogP contribution in [0.5, 0.6) is 0 Å². The molecule has 1 amide bonds. The van der Waals surface area contributed by atoms with Crippen LogP contribution in [0.4, 0.5) is 5.69 Å². The first-order valence-electron chi connectivity index (χ1n) is 9.88. The summed E-state index contributed by atoms with van der Waals surface area (Å²) in [5.41, 5.74) is 3.29. The average Bonchev–Trinajstić information content (AvgIpc) is 2.70. The number of rotatable bonds is 7. The maximum Gasteiger partial charge on any atom is 0.263 e. The van der Waals surface area contributed by atoms with Crippen molar-refractivity contribution >= 4 is 11.6 Å². The van der Waals surface area contributed by atoms with E-state index in [0.717, 1.165) is 24.0 Å². The SMILES string of the molecule is CCCCc1oc(C)c(C)c(=O)c1C(=O)Nc1c(CC)cc(C#N)cc1CC. The summed E-state index contributed by atoms with van der Waals surface area (Å²) >= 11 is 0. The van der Waals surface area contributed by atoms with Gasteiger partial charge in [-0.05, 0) is 56.4 Å². The van der Waals surface area contributed by atoms with E-state index in [2.05, 4.69) is 18.3 Å². The van der Waals surface area contributed by atoms with Crippen molar-refractivity contribution in [1.29, 1.82) is 5.26 Å². The number of benzene rings is 1. The lowest BCUT2D eigenvalue weighted by Crippen LogP contribution is -2.26. The van der Waals surface area contributed by atoms with Crippen molar-refractivity contribution in [2.24, 2.45) is 0 Å². The standard InChI is InChI=1S/C23H28N2O3/c1-6-9-10-19-20(22(26)14(4)15(5)28-19)23(27)25-21-17(7-2)11-16(13-24)12-18(21)8-3/h11-12H,6-10H2,1-5H3,(H,25,27). The van der Waals surface area contributed by atoms with Crippen LogP contribution in [0.1, 0.15) is 77.7 Å². The lowest BCUT2D eigenvalue weighted by Gasteiger charge is -2.16. The molecule has 0 aliphatic carbocycles. The van der Waals surface area contributed by atoms with E-state index < -0.39 is 5.91 Å². The van der Waals surface area contributed by atoms with Gasteiger partial charge in [-0.2, -0.15) is 5.26 Å². The molecule has 0 atom stereocenters. The highest BCUT2D eigenvalue weighted by Crippen LogP contribution is 2.26. The largest absolute Gasteiger partial charge is 0.465 e. The zero-order chi connectivity index (χ0) is 20.8. The number of carbonyl (C=O) groups is 1. The zero-order valence-electron chi connectivity index (χ0n) is 17.4. The molecular weight excluding hydrogens is 352 g/mol. The summed E-state index contributed by atoms with van der Waals surface area (Å²) in [5.74, 6) is 0.545. The number of aryl methyl sites for hydroxylation is 4. The number of anilines is 1.